The van der Waals surface area contributed by atoms with E-state index in [-0.39, 0.29) is 13.0 Å². The summed E-state index contributed by atoms with van der Waals surface area (Å²) < 4.78 is 38.2. The normalized spacial score (nSPS) is 23.0. The smallest absolute Gasteiger partial charge is 0.303 e. The number of aromatic nitrogens is 1. The molecule has 0 unspecified atom stereocenters. The van der Waals surface area contributed by atoms with E-state index in [1.54, 1.807) is 31.4 Å². The van der Waals surface area contributed by atoms with Gasteiger partial charge in [0.2, 0.25) is 0 Å². The second kappa shape index (κ2) is 12.3. The van der Waals surface area contributed by atoms with Crippen molar-refractivity contribution in [2.45, 2.75) is 64.6 Å². The molecule has 0 bridgehead atoms. The molecule has 12 nitrogen and oxygen atoms in total. The lowest BCUT2D eigenvalue weighted by Gasteiger charge is -2.44. The van der Waals surface area contributed by atoms with Gasteiger partial charge in [-0.05, 0) is 12.1 Å². The second-order valence-electron chi connectivity index (χ2n) is 8.36. The first-order valence-electron chi connectivity index (χ1n) is 11.5. The molecule has 0 amide bonds. The number of hydrogen-bond donors (Lipinski definition) is 0. The molecule has 1 aliphatic rings. The zero-order valence-electron chi connectivity index (χ0n) is 21.1. The Morgan fingerprint density at radius 1 is 0.838 bits per heavy atom. The van der Waals surface area contributed by atoms with Gasteiger partial charge in [0.1, 0.15) is 24.6 Å². The highest BCUT2D eigenvalue weighted by atomic mass is 16.7. The van der Waals surface area contributed by atoms with Gasteiger partial charge in [-0.15, -0.1) is 0 Å². The molecule has 5 atom stereocenters. The van der Waals surface area contributed by atoms with Gasteiger partial charge in [-0.3, -0.25) is 19.2 Å². The molecule has 1 aromatic heterocycles. The second-order valence-corrected chi connectivity index (χ2v) is 8.36. The lowest BCUT2D eigenvalue weighted by molar-refractivity contribution is -0.252. The van der Waals surface area contributed by atoms with E-state index in [0.29, 0.717) is 17.2 Å². The van der Waals surface area contributed by atoms with Crippen LogP contribution in [0.1, 0.15) is 33.4 Å². The first kappa shape index (κ1) is 27.7. The van der Waals surface area contributed by atoms with Crippen LogP contribution < -0.4 is 4.74 Å². The van der Waals surface area contributed by atoms with Crippen molar-refractivity contribution in [3.05, 3.63) is 36.0 Å². The van der Waals surface area contributed by atoms with Crippen molar-refractivity contribution in [2.75, 3.05) is 13.7 Å². The Hall–Kier alpha value is -3.93. The van der Waals surface area contributed by atoms with Gasteiger partial charge < -0.3 is 32.9 Å². The molecule has 37 heavy (non-hydrogen) atoms. The summed E-state index contributed by atoms with van der Waals surface area (Å²) in [6, 6.07) is 8.87. The summed E-state index contributed by atoms with van der Waals surface area (Å²) >= 11 is 0. The van der Waals surface area contributed by atoms with E-state index in [1.807, 2.05) is 6.07 Å². The highest BCUT2D eigenvalue weighted by Crippen LogP contribution is 2.32. The third-order valence-corrected chi connectivity index (χ3v) is 5.41. The summed E-state index contributed by atoms with van der Waals surface area (Å²) in [6.45, 7) is 4.42. The van der Waals surface area contributed by atoms with Crippen LogP contribution in [-0.2, 0) is 49.3 Å². The van der Waals surface area contributed by atoms with E-state index in [4.69, 9.17) is 32.9 Å². The van der Waals surface area contributed by atoms with Crippen LogP contribution in [0.4, 0.5) is 0 Å². The zero-order valence-corrected chi connectivity index (χ0v) is 21.1. The summed E-state index contributed by atoms with van der Waals surface area (Å²) in [4.78, 5) is 47.2. The molecule has 1 fully saturated rings. The van der Waals surface area contributed by atoms with Crippen molar-refractivity contribution in [3.63, 3.8) is 0 Å². The summed E-state index contributed by atoms with van der Waals surface area (Å²) in [6.07, 6.45) is -5.52. The van der Waals surface area contributed by atoms with E-state index in [2.05, 4.69) is 5.16 Å². The molecular weight excluding hydrogens is 490 g/mol. The number of benzene rings is 1. The fourth-order valence-electron chi connectivity index (χ4n) is 4.01. The number of carbonyl (C=O) groups is 4. The van der Waals surface area contributed by atoms with Gasteiger partial charge in [0, 0.05) is 45.7 Å². The average molecular weight is 520 g/mol. The standard InChI is InChI=1S/C25H29NO11/c1-13(27)32-12-22-24(34-15(3)29)25(35-16(4)30)23(33-14(2)28)21(36-22)11-18-10-20(37-26-18)17-7-6-8-19(9-17)31-5/h6-10,21-25H,11-12H2,1-5H3/t21-,22+,23-,24+,25+/m0/s1. The first-order valence-corrected chi connectivity index (χ1v) is 11.5. The predicted molar refractivity (Wildman–Crippen MR) is 124 cm³/mol. The maximum absolute atomic E-state index is 12.0. The largest absolute Gasteiger partial charge is 0.497 e. The molecule has 0 spiro atoms. The van der Waals surface area contributed by atoms with Crippen molar-refractivity contribution >= 4 is 23.9 Å². The first-order chi connectivity index (χ1) is 17.6. The van der Waals surface area contributed by atoms with Crippen LogP contribution in [0.25, 0.3) is 11.3 Å². The van der Waals surface area contributed by atoms with Gasteiger partial charge >= 0.3 is 23.9 Å². The summed E-state index contributed by atoms with van der Waals surface area (Å²) in [5, 5.41) is 4.09. The fraction of sp³-hybridized carbons (Fsp3) is 0.480. The van der Waals surface area contributed by atoms with Gasteiger partial charge in [0.25, 0.3) is 0 Å². The number of methoxy groups -OCH3 is 1. The number of ether oxygens (including phenoxy) is 6. The van der Waals surface area contributed by atoms with E-state index in [9.17, 15) is 19.2 Å². The fourth-order valence-corrected chi connectivity index (χ4v) is 4.01. The van der Waals surface area contributed by atoms with E-state index < -0.39 is 54.4 Å². The molecule has 2 heterocycles. The van der Waals surface area contributed by atoms with Crippen LogP contribution in [0.5, 0.6) is 5.75 Å². The van der Waals surface area contributed by atoms with E-state index in [0.717, 1.165) is 12.5 Å². The molecule has 1 aromatic carbocycles. The minimum atomic E-state index is -1.24. The maximum atomic E-state index is 12.0. The van der Waals surface area contributed by atoms with Crippen LogP contribution >= 0.6 is 0 Å². The molecule has 1 saturated heterocycles. The molecular formula is C25H29NO11. The Bertz CT molecular complexity index is 1130. The minimum Gasteiger partial charge on any atom is -0.497 e. The predicted octanol–water partition coefficient (Wildman–Crippen LogP) is 2.02. The van der Waals surface area contributed by atoms with Crippen LogP contribution in [0, 0.1) is 0 Å². The van der Waals surface area contributed by atoms with Crippen LogP contribution in [-0.4, -0.2) is 73.3 Å². The highest BCUT2D eigenvalue weighted by Gasteiger charge is 2.52. The molecule has 2 aromatic rings. The van der Waals surface area contributed by atoms with Gasteiger partial charge in [0.05, 0.1) is 12.8 Å². The minimum absolute atomic E-state index is 0.0620. The molecule has 3 rings (SSSR count). The Morgan fingerprint density at radius 3 is 2.05 bits per heavy atom. The van der Waals surface area contributed by atoms with Gasteiger partial charge in [0.15, 0.2) is 24.1 Å². The maximum Gasteiger partial charge on any atom is 0.303 e. The Labute approximate surface area is 213 Å². The molecule has 12 heteroatoms. The third-order valence-electron chi connectivity index (χ3n) is 5.41. The highest BCUT2D eigenvalue weighted by molar-refractivity contribution is 5.69. The number of rotatable bonds is 9. The van der Waals surface area contributed by atoms with Gasteiger partial charge in [-0.2, -0.15) is 0 Å². The van der Waals surface area contributed by atoms with Crippen molar-refractivity contribution in [2.24, 2.45) is 0 Å². The Balaban J connectivity index is 1.94. The molecule has 0 radical (unpaired) electrons. The average Bonchev–Trinajstić information content (AvgIpc) is 3.29. The SMILES string of the molecule is COc1cccc(-c2cc(C[C@@H]3O[C@H](COC(C)=O)[C@@H](OC(C)=O)[C@H](OC(C)=O)[C@H]3OC(C)=O)no2)c1. The summed E-state index contributed by atoms with van der Waals surface area (Å²) in [5.74, 6) is -1.57. The van der Waals surface area contributed by atoms with Crippen LogP contribution in [0.3, 0.4) is 0 Å². The number of esters is 4. The Morgan fingerprint density at radius 2 is 1.46 bits per heavy atom. The Kier molecular flexibility index (Phi) is 9.23. The lowest BCUT2D eigenvalue weighted by Crippen LogP contribution is -2.62. The topological polar surface area (TPSA) is 150 Å². The molecule has 0 saturated carbocycles. The van der Waals surface area contributed by atoms with Crippen LogP contribution in [0.2, 0.25) is 0 Å². The van der Waals surface area contributed by atoms with Gasteiger partial charge in [-0.25, -0.2) is 0 Å². The molecule has 200 valence electrons. The van der Waals surface area contributed by atoms with Gasteiger partial charge in [-0.1, -0.05) is 17.3 Å². The molecule has 1 aliphatic heterocycles. The summed E-state index contributed by atoms with van der Waals surface area (Å²) in [5.41, 5.74) is 1.17. The van der Waals surface area contributed by atoms with Crippen molar-refractivity contribution in [3.8, 4) is 17.1 Å². The molecule has 0 N–H and O–H groups in total. The van der Waals surface area contributed by atoms with E-state index >= 15 is 0 Å². The molecule has 0 aliphatic carbocycles. The number of nitrogens with zero attached hydrogens (tertiary/aromatic N) is 1. The van der Waals surface area contributed by atoms with Crippen molar-refractivity contribution < 1.29 is 52.1 Å². The lowest BCUT2D eigenvalue weighted by atomic mass is 9.91. The van der Waals surface area contributed by atoms with Crippen LogP contribution in [0.15, 0.2) is 34.9 Å². The summed E-state index contributed by atoms with van der Waals surface area (Å²) in [7, 11) is 1.55. The zero-order chi connectivity index (χ0) is 27.1. The number of carbonyl (C=O) groups excluding carboxylic acids is 4. The van der Waals surface area contributed by atoms with E-state index in [1.165, 1.54) is 20.8 Å². The quantitative estimate of drug-likeness (QED) is 0.352. The van der Waals surface area contributed by atoms with Crippen molar-refractivity contribution in [1.29, 1.82) is 0 Å². The third kappa shape index (κ3) is 7.53. The monoisotopic (exact) mass is 519 g/mol. The van der Waals surface area contributed by atoms with Crippen molar-refractivity contribution in [1.82, 2.24) is 5.16 Å². The number of hydrogen-bond acceptors (Lipinski definition) is 12.